The first-order valence-corrected chi connectivity index (χ1v) is 5.17. The van der Waals surface area contributed by atoms with Crippen LogP contribution in [0.15, 0.2) is 24.3 Å². The van der Waals surface area contributed by atoms with Gasteiger partial charge in [-0.1, -0.05) is 0 Å². The third kappa shape index (κ3) is 1.76. The Balaban J connectivity index is 2.62. The van der Waals surface area contributed by atoms with Gasteiger partial charge in [0.15, 0.2) is 5.78 Å². The van der Waals surface area contributed by atoms with Crippen LogP contribution in [-0.4, -0.2) is 16.9 Å². The zero-order chi connectivity index (χ0) is 11.0. The molecule has 0 aliphatic rings. The molecule has 76 valence electrons. The van der Waals surface area contributed by atoms with Gasteiger partial charge in [-0.05, 0) is 36.6 Å². The Kier molecular flexibility index (Phi) is 2.28. The van der Waals surface area contributed by atoms with Crippen LogP contribution in [0.4, 0.5) is 0 Å². The summed E-state index contributed by atoms with van der Waals surface area (Å²) in [6.45, 7) is 1.50. The third-order valence-electron chi connectivity index (χ3n) is 2.11. The normalized spacial score (nSPS) is 10.5. The number of benzene rings is 1. The summed E-state index contributed by atoms with van der Waals surface area (Å²) in [5, 5.41) is 9.61. The lowest BCUT2D eigenvalue weighted by Crippen LogP contribution is -1.94. The zero-order valence-corrected chi connectivity index (χ0v) is 8.80. The summed E-state index contributed by atoms with van der Waals surface area (Å²) in [6, 6.07) is 6.59. The molecule has 1 N–H and O–H groups in total. The highest BCUT2D eigenvalue weighted by molar-refractivity contribution is 7.20. The first-order chi connectivity index (χ1) is 7.08. The van der Waals surface area contributed by atoms with E-state index in [1.54, 1.807) is 24.3 Å². The van der Waals surface area contributed by atoms with Gasteiger partial charge in [-0.2, -0.15) is 0 Å². The number of rotatable bonds is 2. The predicted octanol–water partition coefficient (Wildman–Crippen LogP) is 2.80. The summed E-state index contributed by atoms with van der Waals surface area (Å²) in [6.07, 6.45) is 0. The fourth-order valence-electron chi connectivity index (χ4n) is 1.35. The SMILES string of the molecule is CC(=O)c1cc2cc(C(=O)O)ccc2s1. The Morgan fingerprint density at radius 3 is 2.60 bits per heavy atom. The van der Waals surface area contributed by atoms with Crippen LogP contribution in [0, 0.1) is 0 Å². The molecule has 0 saturated heterocycles. The van der Waals surface area contributed by atoms with Crippen LogP contribution in [0.2, 0.25) is 0 Å². The smallest absolute Gasteiger partial charge is 0.335 e. The first-order valence-electron chi connectivity index (χ1n) is 4.36. The monoisotopic (exact) mass is 220 g/mol. The minimum atomic E-state index is -0.951. The second-order valence-corrected chi connectivity index (χ2v) is 4.31. The van der Waals surface area contributed by atoms with Gasteiger partial charge in [0.1, 0.15) is 0 Å². The molecule has 15 heavy (non-hydrogen) atoms. The maximum Gasteiger partial charge on any atom is 0.335 e. The average molecular weight is 220 g/mol. The van der Waals surface area contributed by atoms with Crippen LogP contribution in [-0.2, 0) is 0 Å². The minimum absolute atomic E-state index is 0.00748. The van der Waals surface area contributed by atoms with E-state index < -0.39 is 5.97 Å². The van der Waals surface area contributed by atoms with Gasteiger partial charge >= 0.3 is 5.97 Å². The molecule has 0 bridgehead atoms. The molecule has 4 heteroatoms. The van der Waals surface area contributed by atoms with Crippen LogP contribution < -0.4 is 0 Å². The molecule has 1 aromatic heterocycles. The lowest BCUT2D eigenvalue weighted by molar-refractivity contribution is 0.0697. The van der Waals surface area contributed by atoms with Crippen molar-refractivity contribution in [3.8, 4) is 0 Å². The number of carbonyl (C=O) groups excluding carboxylic acids is 1. The maximum atomic E-state index is 11.1. The zero-order valence-electron chi connectivity index (χ0n) is 7.98. The molecule has 0 aliphatic carbocycles. The number of fused-ring (bicyclic) bond motifs is 1. The Bertz CT molecular complexity index is 542. The van der Waals surface area contributed by atoms with Crippen molar-refractivity contribution < 1.29 is 14.7 Å². The van der Waals surface area contributed by atoms with Crippen molar-refractivity contribution >= 4 is 33.2 Å². The number of hydrogen-bond acceptors (Lipinski definition) is 3. The van der Waals surface area contributed by atoms with Crippen molar-refractivity contribution in [2.75, 3.05) is 0 Å². The molecule has 2 rings (SSSR count). The largest absolute Gasteiger partial charge is 0.478 e. The Morgan fingerprint density at radius 2 is 2.00 bits per heavy atom. The molecular formula is C11H8O3S. The number of hydrogen-bond donors (Lipinski definition) is 1. The molecule has 0 atom stereocenters. The number of carbonyl (C=O) groups is 2. The Labute approximate surface area is 90.0 Å². The highest BCUT2D eigenvalue weighted by atomic mass is 32.1. The summed E-state index contributed by atoms with van der Waals surface area (Å²) in [4.78, 5) is 22.5. The van der Waals surface area contributed by atoms with Crippen LogP contribution >= 0.6 is 11.3 Å². The van der Waals surface area contributed by atoms with E-state index in [9.17, 15) is 9.59 Å². The molecule has 1 heterocycles. The van der Waals surface area contributed by atoms with Crippen molar-refractivity contribution in [3.63, 3.8) is 0 Å². The number of carboxylic acids is 1. The molecular weight excluding hydrogens is 212 g/mol. The predicted molar refractivity (Wildman–Crippen MR) is 58.8 cm³/mol. The summed E-state index contributed by atoms with van der Waals surface area (Å²) < 4.78 is 0.935. The maximum absolute atomic E-state index is 11.1. The summed E-state index contributed by atoms with van der Waals surface area (Å²) in [5.74, 6) is -0.944. The van der Waals surface area contributed by atoms with E-state index in [2.05, 4.69) is 0 Å². The van der Waals surface area contributed by atoms with Crippen LogP contribution in [0.25, 0.3) is 10.1 Å². The van der Waals surface area contributed by atoms with Crippen LogP contribution in [0.1, 0.15) is 27.0 Å². The minimum Gasteiger partial charge on any atom is -0.478 e. The van der Waals surface area contributed by atoms with E-state index in [-0.39, 0.29) is 11.3 Å². The lowest BCUT2D eigenvalue weighted by atomic mass is 10.1. The molecule has 0 radical (unpaired) electrons. The van der Waals surface area contributed by atoms with Crippen LogP contribution in [0.5, 0.6) is 0 Å². The van der Waals surface area contributed by atoms with Crippen molar-refractivity contribution in [1.82, 2.24) is 0 Å². The van der Waals surface area contributed by atoms with Gasteiger partial charge in [-0.25, -0.2) is 4.79 Å². The first kappa shape index (κ1) is 9.86. The number of Topliss-reactive ketones (excluding diaryl/α,β-unsaturated/α-hetero) is 1. The molecule has 0 saturated carbocycles. The topological polar surface area (TPSA) is 54.4 Å². The van der Waals surface area contributed by atoms with Crippen molar-refractivity contribution in [3.05, 3.63) is 34.7 Å². The quantitative estimate of drug-likeness (QED) is 0.792. The number of ketones is 1. The average Bonchev–Trinajstić information content (AvgIpc) is 2.59. The molecule has 0 spiro atoms. The number of aromatic carboxylic acids is 1. The number of carboxylic acid groups (broad SMARTS) is 1. The Morgan fingerprint density at radius 1 is 1.27 bits per heavy atom. The van der Waals surface area contributed by atoms with Crippen molar-refractivity contribution in [2.24, 2.45) is 0 Å². The fraction of sp³-hybridized carbons (Fsp3) is 0.0909. The molecule has 0 fully saturated rings. The molecule has 0 aliphatic heterocycles. The molecule has 0 unspecified atom stereocenters. The Hall–Kier alpha value is -1.68. The van der Waals surface area contributed by atoms with E-state index in [4.69, 9.17) is 5.11 Å². The van der Waals surface area contributed by atoms with Gasteiger partial charge in [0.05, 0.1) is 10.4 Å². The van der Waals surface area contributed by atoms with E-state index >= 15 is 0 Å². The van der Waals surface area contributed by atoms with E-state index in [1.165, 1.54) is 18.3 Å². The molecule has 0 amide bonds. The second-order valence-electron chi connectivity index (χ2n) is 3.22. The summed E-state index contributed by atoms with van der Waals surface area (Å²) in [7, 11) is 0. The van der Waals surface area contributed by atoms with Crippen molar-refractivity contribution in [1.29, 1.82) is 0 Å². The van der Waals surface area contributed by atoms with E-state index in [1.807, 2.05) is 0 Å². The molecule has 3 nitrogen and oxygen atoms in total. The summed E-state index contributed by atoms with van der Waals surface area (Å²) >= 11 is 1.38. The molecule has 1 aromatic carbocycles. The second kappa shape index (κ2) is 3.47. The van der Waals surface area contributed by atoms with Gasteiger partial charge in [0.2, 0.25) is 0 Å². The van der Waals surface area contributed by atoms with Crippen LogP contribution in [0.3, 0.4) is 0 Å². The molecule has 2 aromatic rings. The fourth-order valence-corrected chi connectivity index (χ4v) is 2.29. The lowest BCUT2D eigenvalue weighted by Gasteiger charge is -1.92. The van der Waals surface area contributed by atoms with Crippen molar-refractivity contribution in [2.45, 2.75) is 6.92 Å². The third-order valence-corrected chi connectivity index (χ3v) is 3.33. The van der Waals surface area contributed by atoms with E-state index in [0.29, 0.717) is 4.88 Å². The van der Waals surface area contributed by atoms with Gasteiger partial charge in [-0.3, -0.25) is 4.79 Å². The van der Waals surface area contributed by atoms with Gasteiger partial charge in [0.25, 0.3) is 0 Å². The standard InChI is InChI=1S/C11H8O3S/c1-6(12)10-5-8-4-7(11(13)14)2-3-9(8)15-10/h2-5H,1H3,(H,13,14). The highest BCUT2D eigenvalue weighted by Gasteiger charge is 2.08. The number of thiophene rings is 1. The van der Waals surface area contributed by atoms with Gasteiger partial charge in [0, 0.05) is 4.70 Å². The van der Waals surface area contributed by atoms with E-state index in [0.717, 1.165) is 10.1 Å². The van der Waals surface area contributed by atoms with Gasteiger partial charge in [-0.15, -0.1) is 11.3 Å². The van der Waals surface area contributed by atoms with Gasteiger partial charge < -0.3 is 5.11 Å². The summed E-state index contributed by atoms with van der Waals surface area (Å²) in [5.41, 5.74) is 0.246. The highest BCUT2D eigenvalue weighted by Crippen LogP contribution is 2.26.